The standard InChI is InChI=1S/C19H23NO5S/c1-11-6-8-15(9-7-11)26(23)18-12(2)17(19(22)24-5)16(20-13(18)3)10-25-14(4)21/h6-9,12,20H,10H2,1-5H3/t12-,26+/m1/s1. The van der Waals surface area contributed by atoms with Gasteiger partial charge < -0.3 is 14.8 Å². The van der Waals surface area contributed by atoms with Crippen LogP contribution in [-0.2, 0) is 29.9 Å². The van der Waals surface area contributed by atoms with Gasteiger partial charge in [0.15, 0.2) is 0 Å². The molecule has 1 aromatic rings. The minimum absolute atomic E-state index is 0.0775. The summed E-state index contributed by atoms with van der Waals surface area (Å²) in [6.07, 6.45) is 0. The Morgan fingerprint density at radius 1 is 1.19 bits per heavy atom. The molecule has 6 nitrogen and oxygen atoms in total. The number of esters is 2. The highest BCUT2D eigenvalue weighted by Gasteiger charge is 2.34. The summed E-state index contributed by atoms with van der Waals surface area (Å²) in [6.45, 7) is 6.77. The molecule has 1 N–H and O–H groups in total. The quantitative estimate of drug-likeness (QED) is 0.794. The van der Waals surface area contributed by atoms with Gasteiger partial charge in [-0.15, -0.1) is 0 Å². The third-order valence-electron chi connectivity index (χ3n) is 4.12. The molecule has 0 radical (unpaired) electrons. The summed E-state index contributed by atoms with van der Waals surface area (Å²) < 4.78 is 23.0. The van der Waals surface area contributed by atoms with Crippen molar-refractivity contribution in [1.82, 2.24) is 5.32 Å². The Balaban J connectivity index is 2.42. The summed E-state index contributed by atoms with van der Waals surface area (Å²) in [6, 6.07) is 7.42. The van der Waals surface area contributed by atoms with Crippen molar-refractivity contribution < 1.29 is 23.3 Å². The van der Waals surface area contributed by atoms with Crippen LogP contribution in [0.15, 0.2) is 51.0 Å². The number of rotatable bonds is 5. The second-order valence-corrected chi connectivity index (χ2v) is 7.53. The smallest absolute Gasteiger partial charge is 0.336 e. The summed E-state index contributed by atoms with van der Waals surface area (Å²) in [7, 11) is -0.153. The van der Waals surface area contributed by atoms with Crippen LogP contribution >= 0.6 is 0 Å². The van der Waals surface area contributed by atoms with Crippen molar-refractivity contribution in [3.63, 3.8) is 0 Å². The van der Waals surface area contributed by atoms with Crippen molar-refractivity contribution in [2.45, 2.75) is 32.6 Å². The lowest BCUT2D eigenvalue weighted by atomic mass is 9.94. The maximum atomic E-state index is 13.1. The number of benzene rings is 1. The lowest BCUT2D eigenvalue weighted by molar-refractivity contribution is -0.141. The highest BCUT2D eigenvalue weighted by atomic mass is 32.2. The second kappa shape index (κ2) is 8.31. The van der Waals surface area contributed by atoms with Gasteiger partial charge in [0, 0.05) is 28.3 Å². The van der Waals surface area contributed by atoms with E-state index in [4.69, 9.17) is 9.47 Å². The Labute approximate surface area is 155 Å². The number of aryl methyl sites for hydroxylation is 1. The molecular weight excluding hydrogens is 354 g/mol. The first-order chi connectivity index (χ1) is 12.3. The number of carbonyl (C=O) groups is 2. The largest absolute Gasteiger partial charge is 0.466 e. The van der Waals surface area contributed by atoms with E-state index in [0.29, 0.717) is 26.8 Å². The molecule has 140 valence electrons. The Morgan fingerprint density at radius 3 is 2.35 bits per heavy atom. The van der Waals surface area contributed by atoms with Crippen LogP contribution in [0, 0.1) is 12.8 Å². The Morgan fingerprint density at radius 2 is 1.81 bits per heavy atom. The lowest BCUT2D eigenvalue weighted by Gasteiger charge is -2.29. The van der Waals surface area contributed by atoms with Crippen molar-refractivity contribution in [1.29, 1.82) is 0 Å². The molecule has 0 fully saturated rings. The molecule has 0 unspecified atom stereocenters. The number of methoxy groups -OCH3 is 1. The van der Waals surface area contributed by atoms with E-state index in [1.54, 1.807) is 13.8 Å². The van der Waals surface area contributed by atoms with Crippen LogP contribution in [0.2, 0.25) is 0 Å². The number of ether oxygens (including phenoxy) is 2. The van der Waals surface area contributed by atoms with E-state index in [-0.39, 0.29) is 6.61 Å². The van der Waals surface area contributed by atoms with Gasteiger partial charge in [0.1, 0.15) is 6.61 Å². The SMILES string of the molecule is COC(=O)C1=C(COC(C)=O)NC(C)=C([S@@](=O)c2ccc(C)cc2)[C@@H]1C. The van der Waals surface area contributed by atoms with E-state index < -0.39 is 28.7 Å². The number of dihydropyridines is 1. The zero-order valence-electron chi connectivity index (χ0n) is 15.5. The van der Waals surface area contributed by atoms with Gasteiger partial charge in [-0.1, -0.05) is 24.6 Å². The molecule has 26 heavy (non-hydrogen) atoms. The van der Waals surface area contributed by atoms with Gasteiger partial charge in [-0.05, 0) is 26.0 Å². The highest BCUT2D eigenvalue weighted by Crippen LogP contribution is 2.34. The highest BCUT2D eigenvalue weighted by molar-refractivity contribution is 7.89. The summed E-state index contributed by atoms with van der Waals surface area (Å²) in [5.74, 6) is -1.44. The third kappa shape index (κ3) is 4.22. The van der Waals surface area contributed by atoms with Crippen molar-refractivity contribution in [2.24, 2.45) is 5.92 Å². The van der Waals surface area contributed by atoms with Crippen LogP contribution < -0.4 is 5.32 Å². The minimum Gasteiger partial charge on any atom is -0.466 e. The van der Waals surface area contributed by atoms with Crippen molar-refractivity contribution in [3.05, 3.63) is 51.7 Å². The van der Waals surface area contributed by atoms with E-state index in [9.17, 15) is 13.8 Å². The number of hydrogen-bond acceptors (Lipinski definition) is 6. The van der Waals surface area contributed by atoms with Gasteiger partial charge in [0.2, 0.25) is 0 Å². The molecule has 7 heteroatoms. The molecule has 0 aromatic heterocycles. The average Bonchev–Trinajstić information content (AvgIpc) is 2.59. The number of allylic oxidation sites excluding steroid dienone is 2. The molecule has 1 aliphatic heterocycles. The molecular formula is C19H23NO5S. The lowest BCUT2D eigenvalue weighted by Crippen LogP contribution is -2.33. The molecule has 0 amide bonds. The van der Waals surface area contributed by atoms with Gasteiger partial charge in [-0.3, -0.25) is 4.79 Å². The van der Waals surface area contributed by atoms with Crippen LogP contribution in [0.25, 0.3) is 0 Å². The first-order valence-corrected chi connectivity index (χ1v) is 9.32. The average molecular weight is 377 g/mol. The fraction of sp³-hybridized carbons (Fsp3) is 0.368. The molecule has 1 aliphatic rings. The van der Waals surface area contributed by atoms with Gasteiger partial charge in [0.25, 0.3) is 0 Å². The van der Waals surface area contributed by atoms with E-state index in [0.717, 1.165) is 5.56 Å². The normalized spacial score (nSPS) is 18.3. The minimum atomic E-state index is -1.44. The van der Waals surface area contributed by atoms with E-state index in [1.165, 1.54) is 14.0 Å². The molecule has 0 saturated carbocycles. The fourth-order valence-corrected chi connectivity index (χ4v) is 4.26. The summed E-state index contributed by atoms with van der Waals surface area (Å²) in [5.41, 5.74) is 2.51. The molecule has 1 aromatic carbocycles. The van der Waals surface area contributed by atoms with E-state index in [2.05, 4.69) is 5.32 Å². The van der Waals surface area contributed by atoms with Crippen LogP contribution in [0.5, 0.6) is 0 Å². The molecule has 0 spiro atoms. The van der Waals surface area contributed by atoms with Crippen LogP contribution in [-0.4, -0.2) is 29.9 Å². The van der Waals surface area contributed by atoms with Crippen LogP contribution in [0.4, 0.5) is 0 Å². The third-order valence-corrected chi connectivity index (χ3v) is 5.88. The molecule has 0 saturated heterocycles. The van der Waals surface area contributed by atoms with Crippen molar-refractivity contribution in [3.8, 4) is 0 Å². The van der Waals surface area contributed by atoms with Crippen LogP contribution in [0.1, 0.15) is 26.3 Å². The summed E-state index contributed by atoms with van der Waals surface area (Å²) >= 11 is 0. The molecule has 2 rings (SSSR count). The molecule has 2 atom stereocenters. The second-order valence-electron chi connectivity index (χ2n) is 6.08. The number of hydrogen-bond donors (Lipinski definition) is 1. The summed E-state index contributed by atoms with van der Waals surface area (Å²) in [4.78, 5) is 24.7. The predicted octanol–water partition coefficient (Wildman–Crippen LogP) is 2.56. The zero-order valence-corrected chi connectivity index (χ0v) is 16.4. The van der Waals surface area contributed by atoms with E-state index >= 15 is 0 Å². The first-order valence-electron chi connectivity index (χ1n) is 8.17. The number of nitrogens with one attached hydrogen (secondary N) is 1. The first kappa shape index (κ1) is 19.9. The van der Waals surface area contributed by atoms with Crippen molar-refractivity contribution in [2.75, 3.05) is 13.7 Å². The molecule has 1 heterocycles. The predicted molar refractivity (Wildman–Crippen MR) is 98.3 cm³/mol. The molecule has 0 aliphatic carbocycles. The Bertz CT molecular complexity index is 808. The number of carbonyl (C=O) groups excluding carboxylic acids is 2. The van der Waals surface area contributed by atoms with Gasteiger partial charge in [-0.25, -0.2) is 9.00 Å². The monoisotopic (exact) mass is 377 g/mol. The zero-order chi connectivity index (χ0) is 19.4. The van der Waals surface area contributed by atoms with E-state index in [1.807, 2.05) is 31.2 Å². The van der Waals surface area contributed by atoms with Crippen LogP contribution in [0.3, 0.4) is 0 Å². The topological polar surface area (TPSA) is 81.7 Å². The maximum Gasteiger partial charge on any atom is 0.336 e. The van der Waals surface area contributed by atoms with Gasteiger partial charge in [0.05, 0.1) is 29.2 Å². The van der Waals surface area contributed by atoms with Gasteiger partial charge >= 0.3 is 11.9 Å². The van der Waals surface area contributed by atoms with Crippen molar-refractivity contribution >= 4 is 22.7 Å². The fourth-order valence-electron chi connectivity index (χ4n) is 2.86. The Hall–Kier alpha value is -2.41. The molecule has 0 bridgehead atoms. The van der Waals surface area contributed by atoms with Gasteiger partial charge in [-0.2, -0.15) is 0 Å². The maximum absolute atomic E-state index is 13.1. The summed E-state index contributed by atoms with van der Waals surface area (Å²) in [5, 5.41) is 3.07. The Kier molecular flexibility index (Phi) is 6.37.